The Kier molecular flexibility index (Phi) is 1.56. The van der Waals surface area contributed by atoms with Crippen LogP contribution in [0.4, 0.5) is 5.82 Å². The van der Waals surface area contributed by atoms with Gasteiger partial charge in [-0.05, 0) is 0 Å². The molecule has 1 aromatic rings. The lowest BCUT2D eigenvalue weighted by molar-refractivity contribution is 0.594. The van der Waals surface area contributed by atoms with Crippen LogP contribution < -0.4 is 10.0 Å². The fourth-order valence-electron chi connectivity index (χ4n) is 1.11. The monoisotopic (exact) mass is 216 g/mol. The maximum Gasteiger partial charge on any atom is 0.347 e. The molecular weight excluding hydrogens is 208 g/mol. The summed E-state index contributed by atoms with van der Waals surface area (Å²) in [4.78, 5) is 1.24. The minimum Gasteiger partial charge on any atom is -0.381 e. The van der Waals surface area contributed by atoms with Gasteiger partial charge in [0, 0.05) is 14.1 Å². The molecule has 14 heavy (non-hydrogen) atoms. The first-order valence-corrected chi connectivity index (χ1v) is 5.07. The van der Waals surface area contributed by atoms with E-state index >= 15 is 0 Å². The first-order chi connectivity index (χ1) is 6.42. The molecule has 0 spiro atoms. The SMILES string of the molecule is CN1c2nn(C)nc2C(N)=NS1(=O)=O. The van der Waals surface area contributed by atoms with Crippen LogP contribution in [0.1, 0.15) is 5.69 Å². The standard InChI is InChI=1S/C5H8N6O2S/c1-10-5-3(7-11(2)8-5)4(6)9-14(10,12)13/h1-2H3,(H2,6,9). The minimum absolute atomic E-state index is 0.133. The number of rotatable bonds is 0. The highest BCUT2D eigenvalue weighted by molar-refractivity contribution is 7.91. The van der Waals surface area contributed by atoms with E-state index in [1.807, 2.05) is 0 Å². The molecule has 0 atom stereocenters. The van der Waals surface area contributed by atoms with Crippen LogP contribution in [0.3, 0.4) is 0 Å². The van der Waals surface area contributed by atoms with Crippen molar-refractivity contribution < 1.29 is 8.42 Å². The van der Waals surface area contributed by atoms with E-state index in [0.717, 1.165) is 4.31 Å². The Labute approximate surface area is 80.2 Å². The molecule has 0 aromatic carbocycles. The van der Waals surface area contributed by atoms with Crippen LogP contribution in [0.25, 0.3) is 0 Å². The van der Waals surface area contributed by atoms with Gasteiger partial charge in [-0.25, -0.2) is 4.31 Å². The zero-order valence-electron chi connectivity index (χ0n) is 7.54. The van der Waals surface area contributed by atoms with Crippen LogP contribution in [0, 0.1) is 0 Å². The zero-order chi connectivity index (χ0) is 10.5. The number of aryl methyl sites for hydroxylation is 1. The van der Waals surface area contributed by atoms with Gasteiger partial charge in [0.05, 0.1) is 0 Å². The van der Waals surface area contributed by atoms with Crippen molar-refractivity contribution in [2.75, 3.05) is 11.4 Å². The van der Waals surface area contributed by atoms with Crippen molar-refractivity contribution in [3.05, 3.63) is 5.69 Å². The lowest BCUT2D eigenvalue weighted by Gasteiger charge is -2.17. The molecule has 8 nitrogen and oxygen atoms in total. The Bertz CT molecular complexity index is 514. The zero-order valence-corrected chi connectivity index (χ0v) is 8.35. The van der Waals surface area contributed by atoms with Gasteiger partial charge in [0.2, 0.25) is 0 Å². The number of amidine groups is 1. The van der Waals surface area contributed by atoms with Gasteiger partial charge in [-0.1, -0.05) is 0 Å². The summed E-state index contributed by atoms with van der Waals surface area (Å²) in [7, 11) is -0.809. The fourth-order valence-corrected chi connectivity index (χ4v) is 1.91. The Morgan fingerprint density at radius 2 is 1.93 bits per heavy atom. The maximum absolute atomic E-state index is 11.3. The predicted octanol–water partition coefficient (Wildman–Crippen LogP) is -1.78. The fraction of sp³-hybridized carbons (Fsp3) is 0.400. The number of nitrogens with zero attached hydrogens (tertiary/aromatic N) is 5. The van der Waals surface area contributed by atoms with Gasteiger partial charge in [0.1, 0.15) is 0 Å². The molecule has 0 fully saturated rings. The second kappa shape index (κ2) is 2.44. The smallest absolute Gasteiger partial charge is 0.347 e. The molecule has 0 unspecified atom stereocenters. The van der Waals surface area contributed by atoms with E-state index in [-0.39, 0.29) is 17.3 Å². The number of aromatic nitrogens is 3. The lowest BCUT2D eigenvalue weighted by atomic mass is 10.4. The second-order valence-electron chi connectivity index (χ2n) is 2.78. The van der Waals surface area contributed by atoms with Crippen LogP contribution in [0.5, 0.6) is 0 Å². The molecule has 2 N–H and O–H groups in total. The number of nitrogens with two attached hydrogens (primary N) is 1. The van der Waals surface area contributed by atoms with E-state index in [0.29, 0.717) is 0 Å². The molecule has 1 aliphatic heterocycles. The molecule has 0 aliphatic carbocycles. The first kappa shape index (κ1) is 8.94. The van der Waals surface area contributed by atoms with E-state index < -0.39 is 10.2 Å². The summed E-state index contributed by atoms with van der Waals surface area (Å²) >= 11 is 0. The van der Waals surface area contributed by atoms with Gasteiger partial charge < -0.3 is 5.73 Å². The van der Waals surface area contributed by atoms with Crippen LogP contribution >= 0.6 is 0 Å². The third-order valence-corrected chi connectivity index (χ3v) is 3.09. The molecule has 0 saturated carbocycles. The van der Waals surface area contributed by atoms with Crippen molar-refractivity contribution in [2.45, 2.75) is 0 Å². The predicted molar refractivity (Wildman–Crippen MR) is 49.1 cm³/mol. The Morgan fingerprint density at radius 3 is 2.57 bits per heavy atom. The number of hydrogen-bond donors (Lipinski definition) is 1. The molecule has 76 valence electrons. The molecule has 2 heterocycles. The largest absolute Gasteiger partial charge is 0.381 e. The highest BCUT2D eigenvalue weighted by atomic mass is 32.2. The van der Waals surface area contributed by atoms with Crippen molar-refractivity contribution in [1.82, 2.24) is 15.0 Å². The van der Waals surface area contributed by atoms with Gasteiger partial charge in [0.25, 0.3) is 0 Å². The molecule has 0 radical (unpaired) electrons. The quantitative estimate of drug-likeness (QED) is 0.551. The van der Waals surface area contributed by atoms with Gasteiger partial charge in [-0.3, -0.25) is 0 Å². The summed E-state index contributed by atoms with van der Waals surface area (Å²) < 4.78 is 27.0. The average Bonchev–Trinajstić information content (AvgIpc) is 2.43. The molecule has 0 amide bonds. The Balaban J connectivity index is 2.74. The van der Waals surface area contributed by atoms with E-state index in [1.54, 1.807) is 7.05 Å². The molecule has 0 saturated heterocycles. The molecule has 9 heteroatoms. The normalized spacial score (nSPS) is 19.0. The Morgan fingerprint density at radius 1 is 1.29 bits per heavy atom. The lowest BCUT2D eigenvalue weighted by Crippen LogP contribution is -2.34. The van der Waals surface area contributed by atoms with Gasteiger partial charge in [-0.2, -0.15) is 13.2 Å². The summed E-state index contributed by atoms with van der Waals surface area (Å²) in [5.74, 6) is 0.0613. The topological polar surface area (TPSA) is 106 Å². The Hall–Kier alpha value is -1.64. The molecule has 0 bridgehead atoms. The van der Waals surface area contributed by atoms with Crippen LogP contribution in [0.15, 0.2) is 4.40 Å². The van der Waals surface area contributed by atoms with Crippen LogP contribution in [0.2, 0.25) is 0 Å². The summed E-state index contributed by atoms with van der Waals surface area (Å²) in [6.07, 6.45) is 0. The van der Waals surface area contributed by atoms with Crippen LogP contribution in [-0.2, 0) is 17.3 Å². The molecule has 1 aliphatic rings. The molecule has 2 rings (SSSR count). The van der Waals surface area contributed by atoms with Crippen molar-refractivity contribution in [3.63, 3.8) is 0 Å². The maximum atomic E-state index is 11.3. The van der Waals surface area contributed by atoms with Gasteiger partial charge in [-0.15, -0.1) is 14.6 Å². The van der Waals surface area contributed by atoms with Crippen molar-refractivity contribution in [1.29, 1.82) is 0 Å². The highest BCUT2D eigenvalue weighted by Crippen LogP contribution is 2.22. The number of fused-ring (bicyclic) bond motifs is 1. The van der Waals surface area contributed by atoms with Crippen molar-refractivity contribution >= 4 is 21.9 Å². The molecule has 1 aromatic heterocycles. The third kappa shape index (κ3) is 1.05. The summed E-state index contributed by atoms with van der Waals surface area (Å²) in [6.45, 7) is 0. The third-order valence-electron chi connectivity index (χ3n) is 1.80. The minimum atomic E-state index is -3.73. The average molecular weight is 216 g/mol. The summed E-state index contributed by atoms with van der Waals surface area (Å²) in [6, 6.07) is 0. The van der Waals surface area contributed by atoms with E-state index in [4.69, 9.17) is 5.73 Å². The summed E-state index contributed by atoms with van der Waals surface area (Å²) in [5.41, 5.74) is 5.71. The van der Waals surface area contributed by atoms with E-state index in [2.05, 4.69) is 14.6 Å². The van der Waals surface area contributed by atoms with E-state index in [1.165, 1.54) is 11.8 Å². The van der Waals surface area contributed by atoms with Crippen LogP contribution in [-0.4, -0.2) is 36.3 Å². The first-order valence-electron chi connectivity index (χ1n) is 3.68. The summed E-state index contributed by atoms with van der Waals surface area (Å²) in [5, 5.41) is 7.76. The van der Waals surface area contributed by atoms with E-state index in [9.17, 15) is 8.42 Å². The van der Waals surface area contributed by atoms with Gasteiger partial charge in [0.15, 0.2) is 17.3 Å². The number of hydrogen-bond acceptors (Lipinski definition) is 5. The second-order valence-corrected chi connectivity index (χ2v) is 4.41. The van der Waals surface area contributed by atoms with Crippen molar-refractivity contribution in [2.24, 2.45) is 17.2 Å². The number of anilines is 1. The molecular formula is C5H8N6O2S. The van der Waals surface area contributed by atoms with Gasteiger partial charge >= 0.3 is 10.2 Å². The van der Waals surface area contributed by atoms with Crippen molar-refractivity contribution in [3.8, 4) is 0 Å². The highest BCUT2D eigenvalue weighted by Gasteiger charge is 2.31.